The third-order valence-corrected chi connectivity index (χ3v) is 8.92. The van der Waals surface area contributed by atoms with Gasteiger partial charge in [-0.25, -0.2) is 28.1 Å². The van der Waals surface area contributed by atoms with E-state index < -0.39 is 116 Å². The molecule has 18 nitrogen and oxygen atoms in total. The molecule has 19 heteroatoms. The smallest absolute Gasteiger partial charge is 0.336 e. The molecule has 1 aromatic rings. The number of aliphatic hydroxyl groups is 2. The molecule has 0 bridgehead atoms. The lowest BCUT2D eigenvalue weighted by atomic mass is 9.86. The summed E-state index contributed by atoms with van der Waals surface area (Å²) in [5.41, 5.74) is -1.95. The minimum atomic E-state index is -1.69. The summed E-state index contributed by atoms with van der Waals surface area (Å²) >= 11 is 3.40. The molecular formula is C34H50BrN3O15. The highest BCUT2D eigenvalue weighted by molar-refractivity contribution is 9.11. The van der Waals surface area contributed by atoms with Crippen LogP contribution in [-0.2, 0) is 67.2 Å². The maximum atomic E-state index is 13.6. The Labute approximate surface area is 314 Å². The number of hydrogen-bond donors (Lipinski definition) is 2. The number of esters is 4. The molecule has 2 aliphatic heterocycles. The van der Waals surface area contributed by atoms with E-state index in [0.29, 0.717) is 28.2 Å². The van der Waals surface area contributed by atoms with E-state index >= 15 is 0 Å². The van der Waals surface area contributed by atoms with Crippen LogP contribution >= 0.6 is 15.9 Å². The molecule has 0 spiro atoms. The summed E-state index contributed by atoms with van der Waals surface area (Å²) in [7, 11) is 0. The van der Waals surface area contributed by atoms with Crippen LogP contribution in [0.1, 0.15) is 60.8 Å². The van der Waals surface area contributed by atoms with Crippen molar-refractivity contribution in [3.05, 3.63) is 41.5 Å². The predicted molar refractivity (Wildman–Crippen MR) is 188 cm³/mol. The van der Waals surface area contributed by atoms with Gasteiger partial charge in [-0.1, -0.05) is 35.4 Å². The molecule has 3 heterocycles. The lowest BCUT2D eigenvalue weighted by Crippen LogP contribution is -2.56. The van der Waals surface area contributed by atoms with E-state index in [2.05, 4.69) is 15.9 Å². The minimum Gasteiger partial charge on any atom is -0.463 e. The Kier molecular flexibility index (Phi) is 16.6. The van der Waals surface area contributed by atoms with Gasteiger partial charge in [0.25, 0.3) is 0 Å². The summed E-state index contributed by atoms with van der Waals surface area (Å²) in [5, 5.41) is 20.6. The van der Waals surface area contributed by atoms with Gasteiger partial charge in [0, 0.05) is 4.48 Å². The third-order valence-electron chi connectivity index (χ3n) is 8.01. The van der Waals surface area contributed by atoms with Crippen molar-refractivity contribution in [1.82, 2.24) is 13.7 Å². The fraction of sp³-hybridized carbons (Fsp3) is 0.735. The first-order valence-electron chi connectivity index (χ1n) is 17.4. The number of hydrogen-bond acceptors (Lipinski definition) is 15. The molecule has 2 N–H and O–H groups in total. The van der Waals surface area contributed by atoms with E-state index in [9.17, 15) is 43.8 Å². The Morgan fingerprint density at radius 1 is 0.755 bits per heavy atom. The van der Waals surface area contributed by atoms with Gasteiger partial charge in [-0.3, -0.25) is 19.2 Å². The highest BCUT2D eigenvalue weighted by atomic mass is 79.9. The Morgan fingerprint density at radius 2 is 1.23 bits per heavy atom. The first-order valence-corrected chi connectivity index (χ1v) is 18.2. The molecule has 0 aliphatic carbocycles. The average molecular weight is 821 g/mol. The van der Waals surface area contributed by atoms with Crippen LogP contribution < -0.4 is 17.1 Å². The summed E-state index contributed by atoms with van der Waals surface area (Å²) in [6, 6.07) is 0. The highest BCUT2D eigenvalue weighted by Gasteiger charge is 2.41. The highest BCUT2D eigenvalue weighted by Crippen LogP contribution is 2.26. The van der Waals surface area contributed by atoms with Crippen LogP contribution in [-0.4, -0.2) is 111 Å². The zero-order valence-electron chi connectivity index (χ0n) is 30.8. The van der Waals surface area contributed by atoms with E-state index in [1.165, 1.54) is 6.92 Å². The number of carbonyl (C=O) groups is 4. The van der Waals surface area contributed by atoms with Gasteiger partial charge in [-0.05, 0) is 40.0 Å². The van der Waals surface area contributed by atoms with Gasteiger partial charge >= 0.3 is 40.9 Å². The van der Waals surface area contributed by atoms with Gasteiger partial charge in [0.15, 0.2) is 0 Å². The van der Waals surface area contributed by atoms with Gasteiger partial charge in [0.05, 0.1) is 81.9 Å². The molecule has 0 radical (unpaired) electrons. The topological polar surface area (TPSA) is 237 Å². The molecule has 6 atom stereocenters. The fourth-order valence-electron chi connectivity index (χ4n) is 5.26. The molecule has 3 rings (SSSR count). The zero-order chi connectivity index (χ0) is 39.6. The molecule has 0 amide bonds. The van der Waals surface area contributed by atoms with Crippen molar-refractivity contribution in [2.45, 2.75) is 111 Å². The molecule has 2 aliphatic rings. The third kappa shape index (κ3) is 14.3. The van der Waals surface area contributed by atoms with Gasteiger partial charge < -0.3 is 38.6 Å². The second-order valence-corrected chi connectivity index (χ2v) is 14.9. The molecule has 2 fully saturated rings. The number of nitrogens with zero attached hydrogens (tertiary/aromatic N) is 3. The normalized spacial score (nSPS) is 19.2. The summed E-state index contributed by atoms with van der Waals surface area (Å²) in [4.78, 5) is 92.2. The number of carbonyl (C=O) groups excluding carboxylic acids is 4. The second-order valence-electron chi connectivity index (χ2n) is 14.0. The molecule has 6 unspecified atom stereocenters. The summed E-state index contributed by atoms with van der Waals surface area (Å²) in [6.45, 7) is 8.59. The van der Waals surface area contributed by atoms with Crippen molar-refractivity contribution in [2.24, 2.45) is 17.8 Å². The Bertz CT molecular complexity index is 1620. The summed E-state index contributed by atoms with van der Waals surface area (Å²) in [6.07, 6.45) is -4.93. The van der Waals surface area contributed by atoms with E-state index in [0.717, 1.165) is 21.1 Å². The van der Waals surface area contributed by atoms with E-state index in [4.69, 9.17) is 28.4 Å². The number of allylic oxidation sites excluding steroid dienone is 1. The van der Waals surface area contributed by atoms with Crippen LogP contribution in [0.2, 0.25) is 0 Å². The van der Waals surface area contributed by atoms with Crippen molar-refractivity contribution in [1.29, 1.82) is 0 Å². The van der Waals surface area contributed by atoms with Crippen molar-refractivity contribution < 1.29 is 57.8 Å². The Balaban J connectivity index is 1.84. The molecule has 2 saturated heterocycles. The largest absolute Gasteiger partial charge is 0.463 e. The van der Waals surface area contributed by atoms with Gasteiger partial charge in [0.1, 0.15) is 25.9 Å². The van der Waals surface area contributed by atoms with E-state index in [-0.39, 0.29) is 19.7 Å². The first-order chi connectivity index (χ1) is 24.9. The first kappa shape index (κ1) is 43.8. The van der Waals surface area contributed by atoms with Crippen LogP contribution in [0.3, 0.4) is 0 Å². The number of epoxide rings is 2. The van der Waals surface area contributed by atoms with Crippen LogP contribution in [0.25, 0.3) is 0 Å². The second kappa shape index (κ2) is 20.1. The molecule has 0 saturated carbocycles. The molecule has 53 heavy (non-hydrogen) atoms. The molecule has 1 aromatic heterocycles. The predicted octanol–water partition coefficient (Wildman–Crippen LogP) is 0.0198. The molecular weight excluding hydrogens is 770 g/mol. The van der Waals surface area contributed by atoms with Gasteiger partial charge in [-0.2, -0.15) is 0 Å². The number of aromatic nitrogens is 3. The fourth-order valence-corrected chi connectivity index (χ4v) is 5.54. The lowest BCUT2D eigenvalue weighted by Gasteiger charge is -2.25. The number of rotatable bonds is 22. The maximum Gasteiger partial charge on any atom is 0.336 e. The summed E-state index contributed by atoms with van der Waals surface area (Å²) < 4.78 is 34.2. The molecule has 298 valence electrons. The van der Waals surface area contributed by atoms with Crippen molar-refractivity contribution in [3.63, 3.8) is 0 Å². The van der Waals surface area contributed by atoms with Crippen LogP contribution in [0, 0.1) is 17.8 Å². The number of aliphatic hydroxyl groups excluding tert-OH is 2. The minimum absolute atomic E-state index is 0.123. The van der Waals surface area contributed by atoms with Gasteiger partial charge in [0.2, 0.25) is 0 Å². The van der Waals surface area contributed by atoms with Crippen molar-refractivity contribution >= 4 is 39.8 Å². The quantitative estimate of drug-likeness (QED) is 0.0891. The monoisotopic (exact) mass is 819 g/mol. The van der Waals surface area contributed by atoms with Crippen molar-refractivity contribution in [2.75, 3.05) is 33.0 Å². The van der Waals surface area contributed by atoms with Crippen LogP contribution in [0.4, 0.5) is 0 Å². The average Bonchev–Trinajstić information content (AvgIpc) is 4.01. The van der Waals surface area contributed by atoms with Gasteiger partial charge in [-0.15, -0.1) is 0 Å². The van der Waals surface area contributed by atoms with Crippen LogP contribution in [0.5, 0.6) is 0 Å². The molecule has 0 aromatic carbocycles. The maximum absolute atomic E-state index is 13.6. The SMILES string of the molecule is CC(CC(C)C)=C(Br)COC(=O)CC(C(=O)OCC(C)O)C(CC(=O)OC(C)C)C(=O)OCC(O)Cn1c(=O)n(CC2CO2)c(=O)n(CC2CO2)c1=O. The zero-order valence-corrected chi connectivity index (χ0v) is 32.4. The summed E-state index contributed by atoms with van der Waals surface area (Å²) in [5.74, 6) is -7.15. The lowest BCUT2D eigenvalue weighted by molar-refractivity contribution is -0.170. The number of ether oxygens (including phenoxy) is 6. The number of halogens is 1. The standard InChI is InChI=1S/C34H50BrN3O15/c1-18(2)7-20(5)27(35)17-50-28(41)8-25(30(43)51-13-21(6)39)26(9-29(42)53-19(3)4)31(44)52-14-22(40)10-36-32(45)37(11-23-15-48-23)34(47)38(33(36)46)12-24-16-49-24/h18-19,21-26,39-40H,7-17H2,1-6H3. The van der Waals surface area contributed by atoms with E-state index in [1.54, 1.807) is 13.8 Å². The van der Waals surface area contributed by atoms with Crippen molar-refractivity contribution in [3.8, 4) is 0 Å². The Hall–Kier alpha value is -3.65. The Morgan fingerprint density at radius 3 is 1.68 bits per heavy atom. The van der Waals surface area contributed by atoms with E-state index in [1.807, 2.05) is 20.8 Å². The van der Waals surface area contributed by atoms with Crippen LogP contribution in [0.15, 0.2) is 24.4 Å².